The van der Waals surface area contributed by atoms with E-state index in [0.29, 0.717) is 57.2 Å². The molecule has 0 spiro atoms. The molecule has 1 amide bonds. The number of benzene rings is 3. The van der Waals surface area contributed by atoms with Crippen LogP contribution in [0.5, 0.6) is 0 Å². The number of aliphatic hydroxyl groups is 1. The molecule has 2 fully saturated rings. The predicted molar refractivity (Wildman–Crippen MR) is 163 cm³/mol. The van der Waals surface area contributed by atoms with E-state index in [4.69, 9.17) is 0 Å². The van der Waals surface area contributed by atoms with E-state index >= 15 is 0 Å². The largest absolute Gasteiger partial charge is 0.416 e. The lowest BCUT2D eigenvalue weighted by Gasteiger charge is -2.41. The van der Waals surface area contributed by atoms with E-state index in [1.165, 1.54) is 10.5 Å². The topological polar surface area (TPSA) is 55.8 Å². The van der Waals surface area contributed by atoms with E-state index in [0.717, 1.165) is 25.2 Å². The molecule has 2 N–H and O–H groups in total. The van der Waals surface area contributed by atoms with Crippen LogP contribution in [-0.4, -0.2) is 64.7 Å². The lowest BCUT2D eigenvalue weighted by atomic mass is 9.87. The van der Waals surface area contributed by atoms with Crippen molar-refractivity contribution in [2.75, 3.05) is 26.2 Å². The fourth-order valence-corrected chi connectivity index (χ4v) is 6.56. The Hall–Kier alpha value is -3.41. The van der Waals surface area contributed by atoms with Crippen molar-refractivity contribution in [3.05, 3.63) is 107 Å². The van der Waals surface area contributed by atoms with Crippen LogP contribution in [0.3, 0.4) is 0 Å². The lowest BCUT2D eigenvalue weighted by molar-refractivity contribution is -0.143. The van der Waals surface area contributed by atoms with Crippen LogP contribution in [0.15, 0.2) is 78.9 Å². The van der Waals surface area contributed by atoms with Gasteiger partial charge in [-0.3, -0.25) is 9.69 Å². The van der Waals surface area contributed by atoms with E-state index < -0.39 is 46.6 Å². The van der Waals surface area contributed by atoms with Gasteiger partial charge >= 0.3 is 12.4 Å². The third kappa shape index (κ3) is 8.89. The number of hydrogen-bond donors (Lipinski definition) is 2. The number of halogens is 6. The number of alkyl halides is 6. The van der Waals surface area contributed by atoms with E-state index in [-0.39, 0.29) is 18.7 Å². The predicted octanol–water partition coefficient (Wildman–Crippen LogP) is 6.95. The van der Waals surface area contributed by atoms with Gasteiger partial charge in [0.15, 0.2) is 0 Å². The molecule has 0 saturated carbocycles. The molecule has 2 atom stereocenters. The second kappa shape index (κ2) is 14.1. The number of hydrogen-bond acceptors (Lipinski definition) is 4. The van der Waals surface area contributed by atoms with Crippen molar-refractivity contribution in [1.82, 2.24) is 15.1 Å². The van der Waals surface area contributed by atoms with Gasteiger partial charge in [-0.1, -0.05) is 60.7 Å². The summed E-state index contributed by atoms with van der Waals surface area (Å²) in [5.74, 6) is -0.854. The molecule has 0 radical (unpaired) electrons. The lowest BCUT2D eigenvalue weighted by Crippen LogP contribution is -2.52. The van der Waals surface area contributed by atoms with Crippen LogP contribution in [0.1, 0.15) is 64.7 Å². The smallest absolute Gasteiger partial charge is 0.390 e. The van der Waals surface area contributed by atoms with Crippen molar-refractivity contribution in [3.8, 4) is 0 Å². The second-order valence-corrected chi connectivity index (χ2v) is 12.5. The minimum Gasteiger partial charge on any atom is -0.390 e. The Bertz CT molecular complexity index is 1410. The van der Waals surface area contributed by atoms with E-state index in [9.17, 15) is 36.2 Å². The molecule has 3 aromatic carbocycles. The third-order valence-electron chi connectivity index (χ3n) is 9.18. The summed E-state index contributed by atoms with van der Waals surface area (Å²) in [6, 6.07) is 20.1. The van der Waals surface area contributed by atoms with Crippen molar-refractivity contribution < 1.29 is 36.2 Å². The maximum Gasteiger partial charge on any atom is 0.416 e. The van der Waals surface area contributed by atoms with Gasteiger partial charge < -0.3 is 15.3 Å². The first kappa shape index (κ1) is 33.9. The SMILES string of the molecule is O=C(c1cc(C(F)(F)F)cc(C(F)(F)F)c1)N1CCC(NCCC2(O)CCN(Cc3ccccc3)CC2)CC1Cc1ccccc1. The van der Waals surface area contributed by atoms with Gasteiger partial charge in [-0.15, -0.1) is 0 Å². The number of rotatable bonds is 9. The summed E-state index contributed by atoms with van der Waals surface area (Å²) in [5, 5.41) is 14.8. The van der Waals surface area contributed by atoms with Crippen LogP contribution in [0.25, 0.3) is 0 Å². The monoisotopic (exact) mass is 647 g/mol. The highest BCUT2D eigenvalue weighted by Gasteiger charge is 2.39. The number of carbonyl (C=O) groups excluding carboxylic acids is 1. The zero-order valence-electron chi connectivity index (χ0n) is 25.5. The molecule has 2 aliphatic heterocycles. The number of amides is 1. The van der Waals surface area contributed by atoms with Crippen LogP contribution >= 0.6 is 0 Å². The zero-order valence-corrected chi connectivity index (χ0v) is 25.5. The van der Waals surface area contributed by atoms with Crippen molar-refractivity contribution in [1.29, 1.82) is 0 Å². The molecule has 3 aromatic rings. The Morgan fingerprint density at radius 3 is 1.96 bits per heavy atom. The summed E-state index contributed by atoms with van der Waals surface area (Å²) >= 11 is 0. The van der Waals surface area contributed by atoms with Crippen LogP contribution in [0, 0.1) is 0 Å². The summed E-state index contributed by atoms with van der Waals surface area (Å²) in [4.78, 5) is 17.4. The van der Waals surface area contributed by atoms with Gasteiger partial charge in [0.2, 0.25) is 0 Å². The second-order valence-electron chi connectivity index (χ2n) is 12.5. The molecule has 2 saturated heterocycles. The van der Waals surface area contributed by atoms with Gasteiger partial charge in [0.25, 0.3) is 5.91 Å². The Morgan fingerprint density at radius 1 is 0.826 bits per heavy atom. The Morgan fingerprint density at radius 2 is 1.39 bits per heavy atom. The first-order valence-corrected chi connectivity index (χ1v) is 15.7. The molecular weight excluding hydrogens is 608 g/mol. The summed E-state index contributed by atoms with van der Waals surface area (Å²) < 4.78 is 81.1. The first-order chi connectivity index (χ1) is 21.8. The summed E-state index contributed by atoms with van der Waals surface area (Å²) in [5.41, 5.74) is -2.30. The molecule has 248 valence electrons. The zero-order chi connectivity index (χ0) is 33.0. The summed E-state index contributed by atoms with van der Waals surface area (Å²) in [7, 11) is 0. The number of piperidine rings is 2. The average Bonchev–Trinajstić information content (AvgIpc) is 3.02. The van der Waals surface area contributed by atoms with E-state index in [1.54, 1.807) is 0 Å². The minimum absolute atomic E-state index is 0.0354. The molecular formula is C35H39F6N3O2. The molecule has 2 aliphatic rings. The highest BCUT2D eigenvalue weighted by Crippen LogP contribution is 2.37. The number of nitrogens with zero attached hydrogens (tertiary/aromatic N) is 2. The Labute approximate surface area is 265 Å². The molecule has 5 nitrogen and oxygen atoms in total. The van der Waals surface area contributed by atoms with Crippen molar-refractivity contribution in [2.45, 2.75) is 75.1 Å². The van der Waals surface area contributed by atoms with Crippen LogP contribution in [0.2, 0.25) is 0 Å². The van der Waals surface area contributed by atoms with Gasteiger partial charge in [0.05, 0.1) is 16.7 Å². The first-order valence-electron chi connectivity index (χ1n) is 15.7. The summed E-state index contributed by atoms with van der Waals surface area (Å²) in [6.45, 7) is 3.14. The molecule has 5 rings (SSSR count). The average molecular weight is 648 g/mol. The number of carbonyl (C=O) groups is 1. The molecule has 0 aliphatic carbocycles. The number of nitrogens with one attached hydrogen (secondary N) is 1. The maximum absolute atomic E-state index is 13.6. The van der Waals surface area contributed by atoms with E-state index in [1.807, 2.05) is 48.5 Å². The van der Waals surface area contributed by atoms with Crippen LogP contribution in [0.4, 0.5) is 26.3 Å². The quantitative estimate of drug-likeness (QED) is 0.247. The minimum atomic E-state index is -5.04. The fourth-order valence-electron chi connectivity index (χ4n) is 6.56. The molecule has 2 heterocycles. The van der Waals surface area contributed by atoms with Gasteiger partial charge in [-0.25, -0.2) is 0 Å². The standard InChI is InChI=1S/C35H39F6N3O2/c36-34(37,38)28-20-27(21-29(22-28)35(39,40)41)32(45)44-16-11-30(23-31(44)19-25-7-3-1-4-8-25)42-15-12-33(46)13-17-43(18-14-33)24-26-9-5-2-6-10-26/h1-10,20-22,30-31,42,46H,11-19,23-24H2. The molecule has 11 heteroatoms. The fraction of sp³-hybridized carbons (Fsp3) is 0.457. The number of likely N-dealkylation sites (tertiary alicyclic amines) is 2. The summed E-state index contributed by atoms with van der Waals surface area (Å²) in [6.07, 6.45) is -6.88. The van der Waals surface area contributed by atoms with Gasteiger partial charge in [-0.2, -0.15) is 26.3 Å². The van der Waals surface area contributed by atoms with Crippen molar-refractivity contribution in [2.24, 2.45) is 0 Å². The molecule has 2 unspecified atom stereocenters. The Balaban J connectivity index is 1.23. The highest BCUT2D eigenvalue weighted by atomic mass is 19.4. The molecule has 46 heavy (non-hydrogen) atoms. The maximum atomic E-state index is 13.6. The van der Waals surface area contributed by atoms with E-state index in [2.05, 4.69) is 22.3 Å². The highest BCUT2D eigenvalue weighted by molar-refractivity contribution is 5.95. The van der Waals surface area contributed by atoms with Crippen molar-refractivity contribution >= 4 is 5.91 Å². The van der Waals surface area contributed by atoms with Gasteiger partial charge in [0, 0.05) is 43.8 Å². The van der Waals surface area contributed by atoms with Crippen molar-refractivity contribution in [3.63, 3.8) is 0 Å². The Kier molecular flexibility index (Phi) is 10.4. The van der Waals surface area contributed by atoms with Gasteiger partial charge in [-0.05, 0) is 74.4 Å². The van der Waals surface area contributed by atoms with Gasteiger partial charge in [0.1, 0.15) is 0 Å². The normalized spacial score (nSPS) is 20.9. The molecule has 0 aromatic heterocycles. The van der Waals surface area contributed by atoms with Crippen LogP contribution in [-0.2, 0) is 25.3 Å². The van der Waals surface area contributed by atoms with Crippen LogP contribution < -0.4 is 5.32 Å². The molecule has 0 bridgehead atoms. The third-order valence-corrected chi connectivity index (χ3v) is 9.18.